The van der Waals surface area contributed by atoms with Crippen molar-refractivity contribution >= 4 is 28.0 Å². The van der Waals surface area contributed by atoms with Gasteiger partial charge in [-0.2, -0.15) is 0 Å². The third-order valence-electron chi connectivity index (χ3n) is 3.33. The Hall–Kier alpha value is -2.25. The lowest BCUT2D eigenvalue weighted by atomic mass is 10.1. The van der Waals surface area contributed by atoms with Crippen LogP contribution in [-0.2, 0) is 4.74 Å². The fraction of sp³-hybridized carbons (Fsp3) is 0.400. The van der Waals surface area contributed by atoms with Crippen molar-refractivity contribution in [3.63, 3.8) is 0 Å². The zero-order valence-corrected chi connectivity index (χ0v) is 12.6. The number of anilines is 1. The zero-order chi connectivity index (χ0) is 15.5. The number of nitrogens with one attached hydrogen (secondary N) is 1. The molecule has 0 bridgehead atoms. The molecule has 0 aliphatic heterocycles. The van der Waals surface area contributed by atoms with Gasteiger partial charge in [-0.3, -0.25) is 0 Å². The van der Waals surface area contributed by atoms with E-state index in [0.29, 0.717) is 36.9 Å². The van der Waals surface area contributed by atoms with E-state index in [1.165, 1.54) is 6.33 Å². The van der Waals surface area contributed by atoms with Crippen molar-refractivity contribution in [1.29, 1.82) is 0 Å². The fourth-order valence-corrected chi connectivity index (χ4v) is 2.44. The normalized spacial score (nSPS) is 11.4. The summed E-state index contributed by atoms with van der Waals surface area (Å²) in [5.41, 5.74) is 3.92. The maximum Gasteiger partial charge on any atom is 0.229 e. The van der Waals surface area contributed by atoms with E-state index in [9.17, 15) is 0 Å². The van der Waals surface area contributed by atoms with Crippen molar-refractivity contribution in [2.45, 2.75) is 13.8 Å². The number of aliphatic hydroxyl groups is 1. The van der Waals surface area contributed by atoms with Gasteiger partial charge in [0, 0.05) is 12.2 Å². The Kier molecular flexibility index (Phi) is 4.17. The van der Waals surface area contributed by atoms with E-state index in [2.05, 4.69) is 20.3 Å². The Morgan fingerprint density at radius 1 is 1.27 bits per heavy atom. The highest BCUT2D eigenvalue weighted by molar-refractivity contribution is 6.05. The molecule has 0 amide bonds. The first-order valence-corrected chi connectivity index (χ1v) is 7.14. The van der Waals surface area contributed by atoms with Gasteiger partial charge in [0.1, 0.15) is 11.8 Å². The zero-order valence-electron chi connectivity index (χ0n) is 12.6. The van der Waals surface area contributed by atoms with Gasteiger partial charge < -0.3 is 19.6 Å². The van der Waals surface area contributed by atoms with E-state index in [4.69, 9.17) is 14.3 Å². The highest BCUT2D eigenvalue weighted by Crippen LogP contribution is 2.31. The Bertz CT molecular complexity index is 800. The molecule has 0 aliphatic carbocycles. The lowest BCUT2D eigenvalue weighted by Gasteiger charge is -2.05. The minimum atomic E-state index is 0.0195. The number of hydrogen-bond donors (Lipinski definition) is 2. The molecule has 0 aromatic carbocycles. The molecule has 0 spiro atoms. The molecule has 3 aromatic heterocycles. The Labute approximate surface area is 127 Å². The highest BCUT2D eigenvalue weighted by Gasteiger charge is 2.16. The third-order valence-corrected chi connectivity index (χ3v) is 3.33. The minimum absolute atomic E-state index is 0.0195. The lowest BCUT2D eigenvalue weighted by molar-refractivity contribution is 0.0992. The number of nitrogens with zero attached hydrogens (tertiary/aromatic N) is 3. The Balaban J connectivity index is 1.93. The number of pyridine rings is 1. The Morgan fingerprint density at radius 3 is 2.95 bits per heavy atom. The summed E-state index contributed by atoms with van der Waals surface area (Å²) in [6.45, 7) is 5.34. The van der Waals surface area contributed by atoms with Crippen LogP contribution < -0.4 is 5.32 Å². The number of aryl methyl sites for hydroxylation is 2. The average Bonchev–Trinajstić information content (AvgIpc) is 2.86. The quantitative estimate of drug-likeness (QED) is 0.671. The largest absolute Gasteiger partial charge is 0.432 e. The van der Waals surface area contributed by atoms with E-state index in [1.54, 1.807) is 0 Å². The summed E-state index contributed by atoms with van der Waals surface area (Å²) in [7, 11) is 0. The van der Waals surface area contributed by atoms with Crippen LogP contribution in [0.3, 0.4) is 0 Å². The van der Waals surface area contributed by atoms with Crippen LogP contribution in [0, 0.1) is 13.8 Å². The van der Waals surface area contributed by atoms with E-state index in [1.807, 2.05) is 19.9 Å². The van der Waals surface area contributed by atoms with Crippen LogP contribution in [-0.4, -0.2) is 46.4 Å². The van der Waals surface area contributed by atoms with Crippen LogP contribution >= 0.6 is 0 Å². The maximum atomic E-state index is 8.66. The second-order valence-electron chi connectivity index (χ2n) is 5.03. The number of hydrogen-bond acceptors (Lipinski definition) is 7. The van der Waals surface area contributed by atoms with Crippen LogP contribution in [0.4, 0.5) is 5.82 Å². The first-order chi connectivity index (χ1) is 10.7. The van der Waals surface area contributed by atoms with E-state index in [0.717, 1.165) is 22.2 Å². The third kappa shape index (κ3) is 2.72. The molecule has 22 heavy (non-hydrogen) atoms. The van der Waals surface area contributed by atoms with Crippen molar-refractivity contribution in [1.82, 2.24) is 15.0 Å². The van der Waals surface area contributed by atoms with E-state index in [-0.39, 0.29) is 6.61 Å². The second kappa shape index (κ2) is 6.25. The highest BCUT2D eigenvalue weighted by atomic mass is 16.5. The van der Waals surface area contributed by atoms with Gasteiger partial charge in [0.2, 0.25) is 5.71 Å². The van der Waals surface area contributed by atoms with Gasteiger partial charge in [-0.1, -0.05) is 0 Å². The van der Waals surface area contributed by atoms with Gasteiger partial charge >= 0.3 is 0 Å². The molecule has 0 aliphatic rings. The predicted molar refractivity (Wildman–Crippen MR) is 83.0 cm³/mol. The molecule has 7 heteroatoms. The number of aliphatic hydroxyl groups excluding tert-OH is 1. The van der Waals surface area contributed by atoms with Crippen LogP contribution in [0.2, 0.25) is 0 Å². The SMILES string of the molecule is Cc1cc(C)c2c(n1)oc1c(NCCOCCO)ncnc12. The Morgan fingerprint density at radius 2 is 2.14 bits per heavy atom. The summed E-state index contributed by atoms with van der Waals surface area (Å²) in [5, 5.41) is 12.7. The first-order valence-electron chi connectivity index (χ1n) is 7.14. The maximum absolute atomic E-state index is 8.66. The minimum Gasteiger partial charge on any atom is -0.432 e. The predicted octanol–water partition coefficient (Wildman–Crippen LogP) is 1.81. The summed E-state index contributed by atoms with van der Waals surface area (Å²) in [5.74, 6) is 0.618. The van der Waals surface area contributed by atoms with Gasteiger partial charge in [0.25, 0.3) is 0 Å². The molecule has 116 valence electrons. The summed E-state index contributed by atoms with van der Waals surface area (Å²) in [6.07, 6.45) is 1.51. The van der Waals surface area contributed by atoms with Crippen molar-refractivity contribution in [3.05, 3.63) is 23.7 Å². The van der Waals surface area contributed by atoms with Crippen molar-refractivity contribution in [2.75, 3.05) is 31.7 Å². The van der Waals surface area contributed by atoms with Crippen LogP contribution in [0.25, 0.3) is 22.2 Å². The number of furan rings is 1. The molecule has 3 heterocycles. The van der Waals surface area contributed by atoms with Gasteiger partial charge in [-0.05, 0) is 25.5 Å². The molecule has 3 rings (SSSR count). The molecule has 0 fully saturated rings. The molecule has 3 aromatic rings. The molecule has 0 atom stereocenters. The number of fused-ring (bicyclic) bond motifs is 3. The summed E-state index contributed by atoms with van der Waals surface area (Å²) in [6, 6.07) is 2.01. The summed E-state index contributed by atoms with van der Waals surface area (Å²) < 4.78 is 11.1. The molecule has 7 nitrogen and oxygen atoms in total. The van der Waals surface area contributed by atoms with Crippen molar-refractivity contribution in [3.8, 4) is 0 Å². The van der Waals surface area contributed by atoms with Gasteiger partial charge in [-0.25, -0.2) is 15.0 Å². The lowest BCUT2D eigenvalue weighted by Crippen LogP contribution is -2.12. The van der Waals surface area contributed by atoms with Crippen LogP contribution in [0.1, 0.15) is 11.3 Å². The molecule has 0 unspecified atom stereocenters. The molecular weight excluding hydrogens is 284 g/mol. The molecular formula is C15H18N4O3. The number of aromatic nitrogens is 3. The molecule has 2 N–H and O–H groups in total. The van der Waals surface area contributed by atoms with E-state index < -0.39 is 0 Å². The number of rotatable bonds is 6. The standard InChI is InChI=1S/C15H18N4O3/c1-9-7-10(2)19-15-11(9)12-13(22-15)14(18-8-17-12)16-3-5-21-6-4-20/h7-8,20H,3-6H2,1-2H3,(H,16,17,18). The van der Waals surface area contributed by atoms with Gasteiger partial charge in [0.05, 0.1) is 25.2 Å². The molecule has 0 saturated heterocycles. The molecule has 0 radical (unpaired) electrons. The average molecular weight is 302 g/mol. The summed E-state index contributed by atoms with van der Waals surface area (Å²) >= 11 is 0. The van der Waals surface area contributed by atoms with Gasteiger partial charge in [0.15, 0.2) is 11.4 Å². The van der Waals surface area contributed by atoms with Crippen LogP contribution in [0.15, 0.2) is 16.8 Å². The fourth-order valence-electron chi connectivity index (χ4n) is 2.44. The first kappa shape index (κ1) is 14.7. The summed E-state index contributed by atoms with van der Waals surface area (Å²) in [4.78, 5) is 13.0. The smallest absolute Gasteiger partial charge is 0.229 e. The second-order valence-corrected chi connectivity index (χ2v) is 5.03. The van der Waals surface area contributed by atoms with Crippen molar-refractivity contribution < 1.29 is 14.3 Å². The monoisotopic (exact) mass is 302 g/mol. The topological polar surface area (TPSA) is 93.3 Å². The van der Waals surface area contributed by atoms with E-state index >= 15 is 0 Å². The van der Waals surface area contributed by atoms with Gasteiger partial charge in [-0.15, -0.1) is 0 Å². The van der Waals surface area contributed by atoms with Crippen molar-refractivity contribution in [2.24, 2.45) is 0 Å². The molecule has 0 saturated carbocycles. The van der Waals surface area contributed by atoms with Crippen LogP contribution in [0.5, 0.6) is 0 Å². The number of ether oxygens (including phenoxy) is 1.